The summed E-state index contributed by atoms with van der Waals surface area (Å²) in [5.74, 6) is -0.546. The number of halogens is 3. The number of rotatable bonds is 5. The topological polar surface area (TPSA) is 118 Å². The van der Waals surface area contributed by atoms with Gasteiger partial charge in [0, 0.05) is 24.8 Å². The zero-order valence-electron chi connectivity index (χ0n) is 24.1. The fraction of sp³-hybridized carbons (Fsp3) is 0.345. The van der Waals surface area contributed by atoms with Gasteiger partial charge in [0.2, 0.25) is 6.17 Å². The third kappa shape index (κ3) is 7.20. The Hall–Kier alpha value is -4.30. The Morgan fingerprint density at radius 2 is 1.77 bits per heavy atom. The van der Waals surface area contributed by atoms with E-state index in [1.54, 1.807) is 11.0 Å². The summed E-state index contributed by atoms with van der Waals surface area (Å²) in [6.45, 7) is 9.46. The van der Waals surface area contributed by atoms with Crippen LogP contribution in [0.2, 0.25) is 0 Å². The van der Waals surface area contributed by atoms with E-state index in [0.717, 1.165) is 22.7 Å². The van der Waals surface area contributed by atoms with E-state index in [1.807, 2.05) is 63.4 Å². The molecule has 2 aliphatic rings. The van der Waals surface area contributed by atoms with E-state index in [9.17, 15) is 18.0 Å². The molecule has 6 rings (SSSR count). The molecule has 228 valence electrons. The van der Waals surface area contributed by atoms with Gasteiger partial charge in [-0.1, -0.05) is 63.1 Å². The van der Waals surface area contributed by atoms with Gasteiger partial charge < -0.3 is 24.7 Å². The molecule has 0 aliphatic carbocycles. The number of thiophene rings is 1. The second kappa shape index (κ2) is 14.2. The predicted octanol–water partition coefficient (Wildman–Crippen LogP) is 6.33. The number of nitrogens with one attached hydrogen (secondary N) is 2. The fourth-order valence-corrected chi connectivity index (χ4v) is 5.12. The average Bonchev–Trinajstić information content (AvgIpc) is 3.68. The van der Waals surface area contributed by atoms with Crippen molar-refractivity contribution in [2.75, 3.05) is 41.8 Å². The van der Waals surface area contributed by atoms with E-state index in [4.69, 9.17) is 9.15 Å². The molecule has 14 heteroatoms. The molecular formula is C29H32F3N7O3S. The van der Waals surface area contributed by atoms with Crippen molar-refractivity contribution in [3.63, 3.8) is 0 Å². The number of morpholine rings is 1. The molecule has 1 unspecified atom stereocenters. The first-order valence-corrected chi connectivity index (χ1v) is 14.8. The summed E-state index contributed by atoms with van der Waals surface area (Å²) >= 11 is 1.44. The van der Waals surface area contributed by atoms with Gasteiger partial charge in [0.15, 0.2) is 5.69 Å². The van der Waals surface area contributed by atoms with Gasteiger partial charge in [-0.2, -0.15) is 13.2 Å². The molecule has 1 amide bonds. The molecular weight excluding hydrogens is 583 g/mol. The average molecular weight is 616 g/mol. The van der Waals surface area contributed by atoms with Gasteiger partial charge in [-0.25, -0.2) is 9.98 Å². The largest absolute Gasteiger partial charge is 0.417 e. The van der Waals surface area contributed by atoms with Crippen LogP contribution in [0.15, 0.2) is 63.5 Å². The smallest absolute Gasteiger partial charge is 0.402 e. The fourth-order valence-electron chi connectivity index (χ4n) is 4.25. The van der Waals surface area contributed by atoms with Crippen molar-refractivity contribution in [3.05, 3.63) is 70.0 Å². The number of aromatic nitrogens is 3. The molecule has 5 heterocycles. The molecule has 0 radical (unpaired) electrons. The van der Waals surface area contributed by atoms with Crippen LogP contribution < -0.4 is 15.5 Å². The van der Waals surface area contributed by atoms with E-state index in [-0.39, 0.29) is 23.3 Å². The van der Waals surface area contributed by atoms with Crippen molar-refractivity contribution in [3.8, 4) is 11.6 Å². The Bertz CT molecular complexity index is 1530. The number of anilines is 3. The standard InChI is InChI=1S/C25H20F3N7O3S.2C2H6/c26-25(27,28)15-12-17(35-7-9-37-10-8-35)19(29-13-15)23-33-34-24(38-23)32-21-22(36)30-16-6-11-39-20(16)18(31-21)14-4-2-1-3-5-14;2*1-2/h1-6,11-13,21H,7-10H2,(H,30,36)(H,32,34);2*1-2H3. The minimum absolute atomic E-state index is 0.0893. The number of benzene rings is 1. The molecule has 3 aromatic heterocycles. The molecule has 1 atom stereocenters. The number of hydrogen-bond acceptors (Lipinski definition) is 10. The van der Waals surface area contributed by atoms with E-state index in [1.165, 1.54) is 11.3 Å². The van der Waals surface area contributed by atoms with E-state index < -0.39 is 23.8 Å². The number of aliphatic imine (C=N–C) groups is 1. The lowest BCUT2D eigenvalue weighted by Crippen LogP contribution is -2.36. The van der Waals surface area contributed by atoms with Gasteiger partial charge >= 0.3 is 12.2 Å². The molecule has 43 heavy (non-hydrogen) atoms. The molecule has 4 aromatic rings. The van der Waals surface area contributed by atoms with Gasteiger partial charge in [-0.15, -0.1) is 16.4 Å². The van der Waals surface area contributed by atoms with E-state index in [0.29, 0.717) is 37.7 Å². The lowest BCUT2D eigenvalue weighted by molar-refractivity contribution is -0.137. The summed E-state index contributed by atoms with van der Waals surface area (Å²) in [5, 5.41) is 15.5. The quantitative estimate of drug-likeness (QED) is 0.268. The Morgan fingerprint density at radius 3 is 2.47 bits per heavy atom. The molecule has 2 N–H and O–H groups in total. The number of carbonyl (C=O) groups is 1. The lowest BCUT2D eigenvalue weighted by atomic mass is 10.1. The van der Waals surface area contributed by atoms with Gasteiger partial charge in [0.05, 0.1) is 40.7 Å². The number of hydrogen-bond donors (Lipinski definition) is 2. The molecule has 2 aliphatic heterocycles. The minimum atomic E-state index is -4.57. The number of ether oxygens (including phenoxy) is 1. The molecule has 1 aromatic carbocycles. The summed E-state index contributed by atoms with van der Waals surface area (Å²) in [6, 6.07) is 12.1. The van der Waals surface area contributed by atoms with Crippen LogP contribution in [0.5, 0.6) is 0 Å². The first-order chi connectivity index (χ1) is 20.9. The Kier molecular flexibility index (Phi) is 10.5. The number of alkyl halides is 3. The minimum Gasteiger partial charge on any atom is -0.402 e. The van der Waals surface area contributed by atoms with Gasteiger partial charge in [-0.05, 0) is 17.5 Å². The number of fused-ring (bicyclic) bond motifs is 1. The SMILES string of the molecule is CC.CC.O=C1Nc2ccsc2C(c2ccccc2)=NC1Nc1nnc(-c2ncc(C(F)(F)F)cc2N2CCOCC2)o1. The zero-order chi connectivity index (χ0) is 31.0. The summed E-state index contributed by atoms with van der Waals surface area (Å²) in [7, 11) is 0. The second-order valence-corrected chi connectivity index (χ2v) is 9.56. The maximum Gasteiger partial charge on any atom is 0.417 e. The van der Waals surface area contributed by atoms with Crippen LogP contribution in [0.1, 0.15) is 43.7 Å². The highest BCUT2D eigenvalue weighted by atomic mass is 32.1. The van der Waals surface area contributed by atoms with Crippen molar-refractivity contribution in [1.29, 1.82) is 0 Å². The number of pyridine rings is 1. The van der Waals surface area contributed by atoms with Gasteiger partial charge in [0.25, 0.3) is 11.8 Å². The monoisotopic (exact) mass is 615 g/mol. The number of nitrogens with zero attached hydrogens (tertiary/aromatic N) is 5. The summed E-state index contributed by atoms with van der Waals surface area (Å²) in [5.41, 5.74) is 1.45. The predicted molar refractivity (Wildman–Crippen MR) is 161 cm³/mol. The molecule has 0 bridgehead atoms. The maximum absolute atomic E-state index is 13.4. The number of amides is 1. The van der Waals surface area contributed by atoms with Crippen LogP contribution >= 0.6 is 11.3 Å². The highest BCUT2D eigenvalue weighted by Gasteiger charge is 2.34. The normalized spacial score (nSPS) is 16.3. The third-order valence-corrected chi connectivity index (χ3v) is 7.05. The van der Waals surface area contributed by atoms with Crippen molar-refractivity contribution in [2.45, 2.75) is 40.0 Å². The highest BCUT2D eigenvalue weighted by molar-refractivity contribution is 7.13. The maximum atomic E-state index is 13.4. The van der Waals surface area contributed by atoms with Gasteiger partial charge in [0.1, 0.15) is 0 Å². The Labute approximate surface area is 251 Å². The Morgan fingerprint density at radius 1 is 1.05 bits per heavy atom. The second-order valence-electron chi connectivity index (χ2n) is 8.64. The van der Waals surface area contributed by atoms with Crippen LogP contribution in [-0.4, -0.2) is 59.3 Å². The zero-order valence-corrected chi connectivity index (χ0v) is 24.9. The molecule has 0 spiro atoms. The number of carbonyl (C=O) groups excluding carboxylic acids is 1. The van der Waals surface area contributed by atoms with Crippen molar-refractivity contribution in [2.24, 2.45) is 4.99 Å². The molecule has 1 fully saturated rings. The van der Waals surface area contributed by atoms with Gasteiger partial charge in [-0.3, -0.25) is 4.79 Å². The molecule has 0 saturated carbocycles. The summed E-state index contributed by atoms with van der Waals surface area (Å²) in [4.78, 5) is 24.2. The third-order valence-electron chi connectivity index (χ3n) is 6.13. The molecule has 10 nitrogen and oxygen atoms in total. The lowest BCUT2D eigenvalue weighted by Gasteiger charge is -2.30. The Balaban J connectivity index is 0.00000102. The molecule has 1 saturated heterocycles. The van der Waals surface area contributed by atoms with Crippen LogP contribution in [0, 0.1) is 0 Å². The summed E-state index contributed by atoms with van der Waals surface area (Å²) in [6.07, 6.45) is -4.96. The van der Waals surface area contributed by atoms with Crippen LogP contribution in [0.3, 0.4) is 0 Å². The first kappa shape index (κ1) is 31.6. The van der Waals surface area contributed by atoms with Crippen LogP contribution in [-0.2, 0) is 15.7 Å². The van der Waals surface area contributed by atoms with Crippen molar-refractivity contribution < 1.29 is 27.1 Å². The van der Waals surface area contributed by atoms with Crippen LogP contribution in [0.4, 0.5) is 30.6 Å². The first-order valence-electron chi connectivity index (χ1n) is 13.9. The van der Waals surface area contributed by atoms with E-state index >= 15 is 0 Å². The van der Waals surface area contributed by atoms with Crippen molar-refractivity contribution in [1.82, 2.24) is 15.2 Å². The van der Waals surface area contributed by atoms with Crippen LogP contribution in [0.25, 0.3) is 11.6 Å². The summed E-state index contributed by atoms with van der Waals surface area (Å²) < 4.78 is 51.4. The van der Waals surface area contributed by atoms with Crippen molar-refractivity contribution >= 4 is 40.3 Å². The van der Waals surface area contributed by atoms with E-state index in [2.05, 4.69) is 30.8 Å². The highest BCUT2D eigenvalue weighted by Crippen LogP contribution is 2.36.